The summed E-state index contributed by atoms with van der Waals surface area (Å²) in [6, 6.07) is 4.84. The van der Waals surface area contributed by atoms with Gasteiger partial charge in [-0.05, 0) is 30.4 Å². The molecule has 0 saturated carbocycles. The van der Waals surface area contributed by atoms with E-state index in [4.69, 9.17) is 28.6 Å². The summed E-state index contributed by atoms with van der Waals surface area (Å²) in [5.41, 5.74) is 0.545. The quantitative estimate of drug-likeness (QED) is 0.798. The fourth-order valence-corrected chi connectivity index (χ4v) is 2.54. The molecule has 0 aliphatic heterocycles. The lowest BCUT2D eigenvalue weighted by Gasteiger charge is -2.09. The molecule has 0 radical (unpaired) electrons. The molecular formula is C11H8ClF3N4OS2. The van der Waals surface area contributed by atoms with Crippen molar-refractivity contribution in [3.05, 3.63) is 28.2 Å². The van der Waals surface area contributed by atoms with E-state index in [-0.39, 0.29) is 10.2 Å². The fraction of sp³-hybridized carbons (Fsp3) is 0.182. The number of aromatic nitrogens is 2. The fourth-order valence-electron chi connectivity index (χ4n) is 1.39. The zero-order valence-electron chi connectivity index (χ0n) is 10.9. The molecule has 118 valence electrons. The minimum absolute atomic E-state index is 0.0612. The molecule has 0 atom stereocenters. The third kappa shape index (κ3) is 4.18. The van der Waals surface area contributed by atoms with Crippen LogP contribution in [0.1, 0.15) is 5.01 Å². The molecule has 5 nitrogen and oxygen atoms in total. The summed E-state index contributed by atoms with van der Waals surface area (Å²) < 4.78 is 42.2. The van der Waals surface area contributed by atoms with Gasteiger partial charge in [0.2, 0.25) is 10.1 Å². The highest BCUT2D eigenvalue weighted by molar-refractivity contribution is 7.80. The first kappa shape index (κ1) is 16.7. The molecule has 0 aliphatic rings. The zero-order valence-corrected chi connectivity index (χ0v) is 13.3. The molecule has 11 heteroatoms. The summed E-state index contributed by atoms with van der Waals surface area (Å²) in [5.74, 6) is 0.491. The number of halogens is 4. The third-order valence-electron chi connectivity index (χ3n) is 2.30. The molecule has 2 aromatic rings. The highest BCUT2D eigenvalue weighted by atomic mass is 35.5. The van der Waals surface area contributed by atoms with Gasteiger partial charge < -0.3 is 15.4 Å². The molecule has 0 fully saturated rings. The Labute approximate surface area is 137 Å². The Balaban J connectivity index is 2.01. The van der Waals surface area contributed by atoms with Crippen LogP contribution in [0, 0.1) is 0 Å². The number of nitrogens with one attached hydrogen (secondary N) is 2. The van der Waals surface area contributed by atoms with Crippen molar-refractivity contribution < 1.29 is 17.9 Å². The van der Waals surface area contributed by atoms with E-state index in [1.165, 1.54) is 7.11 Å². The first-order valence-corrected chi connectivity index (χ1v) is 7.22. The van der Waals surface area contributed by atoms with Crippen molar-refractivity contribution in [2.24, 2.45) is 0 Å². The summed E-state index contributed by atoms with van der Waals surface area (Å²) in [4.78, 5) is 0. The highest BCUT2D eigenvalue weighted by Gasteiger charge is 2.35. The molecule has 1 aromatic heterocycles. The second-order valence-electron chi connectivity index (χ2n) is 3.84. The van der Waals surface area contributed by atoms with Crippen LogP contribution >= 0.6 is 35.2 Å². The monoisotopic (exact) mass is 368 g/mol. The van der Waals surface area contributed by atoms with Gasteiger partial charge in [0.1, 0.15) is 5.75 Å². The number of methoxy groups -OCH3 is 1. The van der Waals surface area contributed by atoms with Gasteiger partial charge in [0.25, 0.3) is 0 Å². The lowest BCUT2D eigenvalue weighted by Crippen LogP contribution is -2.18. The van der Waals surface area contributed by atoms with E-state index in [2.05, 4.69) is 20.8 Å². The molecule has 1 aromatic carbocycles. The first-order valence-electron chi connectivity index (χ1n) is 5.62. The maximum atomic E-state index is 12.4. The van der Waals surface area contributed by atoms with Crippen LogP contribution in [0.3, 0.4) is 0 Å². The van der Waals surface area contributed by atoms with Gasteiger partial charge in [0.15, 0.2) is 5.11 Å². The molecule has 0 bridgehead atoms. The summed E-state index contributed by atoms with van der Waals surface area (Å²) in [6.45, 7) is 0. The van der Waals surface area contributed by atoms with Crippen LogP contribution in [-0.2, 0) is 6.18 Å². The molecule has 1 heterocycles. The second kappa shape index (κ2) is 6.63. The van der Waals surface area contributed by atoms with Crippen molar-refractivity contribution in [2.45, 2.75) is 6.18 Å². The number of hydrogen-bond donors (Lipinski definition) is 2. The molecule has 0 aliphatic carbocycles. The summed E-state index contributed by atoms with van der Waals surface area (Å²) in [5, 5.41) is 11.0. The second-order valence-corrected chi connectivity index (χ2v) is 5.63. The molecule has 0 spiro atoms. The Morgan fingerprint density at radius 3 is 2.59 bits per heavy atom. The van der Waals surface area contributed by atoms with Crippen LogP contribution in [0.15, 0.2) is 18.2 Å². The Bertz CT molecular complexity index is 692. The minimum atomic E-state index is -4.53. The average Bonchev–Trinajstić information content (AvgIpc) is 2.87. The molecule has 0 amide bonds. The van der Waals surface area contributed by atoms with Crippen LogP contribution in [0.5, 0.6) is 5.75 Å². The number of anilines is 2. The van der Waals surface area contributed by atoms with Crippen molar-refractivity contribution in [2.75, 3.05) is 17.7 Å². The SMILES string of the molecule is COc1ccc(NC(=S)Nc2nnc(C(F)(F)F)s2)cc1Cl. The summed E-state index contributed by atoms with van der Waals surface area (Å²) >= 11 is 11.3. The minimum Gasteiger partial charge on any atom is -0.495 e. The van der Waals surface area contributed by atoms with Gasteiger partial charge in [-0.3, -0.25) is 0 Å². The van der Waals surface area contributed by atoms with Crippen LogP contribution in [0.4, 0.5) is 24.0 Å². The standard InChI is InChI=1S/C11H8ClF3N4OS2/c1-20-7-3-2-5(4-6(7)12)16-9(21)17-10-19-18-8(22-10)11(13,14)15/h2-4H,1H3,(H2,16,17,19,21). The smallest absolute Gasteiger partial charge is 0.445 e. The maximum absolute atomic E-state index is 12.4. The molecule has 2 N–H and O–H groups in total. The lowest BCUT2D eigenvalue weighted by atomic mass is 10.3. The molecule has 2 rings (SSSR count). The highest BCUT2D eigenvalue weighted by Crippen LogP contribution is 2.33. The molecular weight excluding hydrogens is 361 g/mol. The largest absolute Gasteiger partial charge is 0.495 e. The number of ether oxygens (including phenoxy) is 1. The Morgan fingerprint density at radius 2 is 2.05 bits per heavy atom. The van der Waals surface area contributed by atoms with Crippen LogP contribution in [0.2, 0.25) is 5.02 Å². The number of hydrogen-bond acceptors (Lipinski definition) is 5. The van der Waals surface area contributed by atoms with Gasteiger partial charge in [-0.15, -0.1) is 10.2 Å². The normalized spacial score (nSPS) is 11.1. The Hall–Kier alpha value is -1.65. The van der Waals surface area contributed by atoms with Gasteiger partial charge in [0, 0.05) is 5.69 Å². The van der Waals surface area contributed by atoms with Crippen LogP contribution < -0.4 is 15.4 Å². The Morgan fingerprint density at radius 1 is 1.32 bits per heavy atom. The van der Waals surface area contributed by atoms with Gasteiger partial charge in [-0.25, -0.2) is 0 Å². The van der Waals surface area contributed by atoms with Crippen molar-refractivity contribution >= 4 is 51.1 Å². The number of benzene rings is 1. The van der Waals surface area contributed by atoms with Crippen molar-refractivity contribution in [3.8, 4) is 5.75 Å². The molecule has 22 heavy (non-hydrogen) atoms. The number of thiocarbonyl (C=S) groups is 1. The van der Waals surface area contributed by atoms with Crippen molar-refractivity contribution in [3.63, 3.8) is 0 Å². The number of rotatable bonds is 3. The van der Waals surface area contributed by atoms with Gasteiger partial charge >= 0.3 is 6.18 Å². The average molecular weight is 369 g/mol. The van der Waals surface area contributed by atoms with Crippen LogP contribution in [-0.4, -0.2) is 22.4 Å². The maximum Gasteiger partial charge on any atom is 0.445 e. The predicted octanol–water partition coefficient (Wildman–Crippen LogP) is 4.03. The number of alkyl halides is 3. The van der Waals surface area contributed by atoms with E-state index in [0.717, 1.165) is 0 Å². The van der Waals surface area contributed by atoms with Gasteiger partial charge in [-0.2, -0.15) is 13.2 Å². The van der Waals surface area contributed by atoms with Gasteiger partial charge in [-0.1, -0.05) is 22.9 Å². The molecule has 0 saturated heterocycles. The van der Waals surface area contributed by atoms with E-state index in [1.54, 1.807) is 18.2 Å². The van der Waals surface area contributed by atoms with Gasteiger partial charge in [0.05, 0.1) is 12.1 Å². The van der Waals surface area contributed by atoms with Crippen LogP contribution in [0.25, 0.3) is 0 Å². The van der Waals surface area contributed by atoms with Crippen molar-refractivity contribution in [1.29, 1.82) is 0 Å². The lowest BCUT2D eigenvalue weighted by molar-refractivity contribution is -0.138. The number of nitrogens with zero attached hydrogens (tertiary/aromatic N) is 2. The first-order chi connectivity index (χ1) is 10.3. The molecule has 0 unspecified atom stereocenters. The van der Waals surface area contributed by atoms with E-state index >= 15 is 0 Å². The Kier molecular flexibility index (Phi) is 5.04. The van der Waals surface area contributed by atoms with E-state index in [1.807, 2.05) is 0 Å². The summed E-state index contributed by atoms with van der Waals surface area (Å²) in [7, 11) is 1.48. The topological polar surface area (TPSA) is 59.1 Å². The van der Waals surface area contributed by atoms with E-state index in [0.29, 0.717) is 27.8 Å². The van der Waals surface area contributed by atoms with E-state index in [9.17, 15) is 13.2 Å². The van der Waals surface area contributed by atoms with Crippen molar-refractivity contribution in [1.82, 2.24) is 10.2 Å². The predicted molar refractivity (Wildman–Crippen MR) is 82.8 cm³/mol. The third-order valence-corrected chi connectivity index (χ3v) is 3.68. The zero-order chi connectivity index (χ0) is 16.3. The summed E-state index contributed by atoms with van der Waals surface area (Å²) in [6.07, 6.45) is -4.53. The van der Waals surface area contributed by atoms with E-state index < -0.39 is 11.2 Å².